The monoisotopic (exact) mass is 669 g/mol. The molecule has 0 aromatic rings. The maximum absolute atomic E-state index is 5.79. The maximum Gasteiger partial charge on any atom is 0.0704 e. The summed E-state index contributed by atoms with van der Waals surface area (Å²) in [4.78, 5) is 0. The average molecular weight is 670 g/mol. The Morgan fingerprint density at radius 3 is 0.935 bits per heavy atom. The molecule has 1 saturated heterocycles. The van der Waals surface area contributed by atoms with Gasteiger partial charge in [-0.3, -0.25) is 0 Å². The molecule has 0 atom stereocenters. The summed E-state index contributed by atoms with van der Waals surface area (Å²) in [6.07, 6.45) is 7.44. The van der Waals surface area contributed by atoms with Crippen LogP contribution in [0.1, 0.15) is 45.4 Å². The SMILES string of the molecule is CCCCCCOCCOCCOCCOCCOCCOCCOCCOCCOCCOCCOCCOC1CCNCC1. The smallest absolute Gasteiger partial charge is 0.0704 e. The van der Waals surface area contributed by atoms with Crippen LogP contribution < -0.4 is 5.32 Å². The number of rotatable bonds is 39. The number of hydrogen-bond acceptors (Lipinski definition) is 13. The summed E-state index contributed by atoms with van der Waals surface area (Å²) >= 11 is 0. The Labute approximate surface area is 278 Å². The quantitative estimate of drug-likeness (QED) is 0.0966. The molecule has 46 heavy (non-hydrogen) atoms. The van der Waals surface area contributed by atoms with Crippen molar-refractivity contribution < 1.29 is 56.8 Å². The van der Waals surface area contributed by atoms with Crippen molar-refractivity contribution in [3.8, 4) is 0 Å². The highest BCUT2D eigenvalue weighted by atomic mass is 16.6. The summed E-state index contributed by atoms with van der Waals surface area (Å²) in [6.45, 7) is 17.3. The van der Waals surface area contributed by atoms with Crippen molar-refractivity contribution >= 4 is 0 Å². The van der Waals surface area contributed by atoms with Crippen LogP contribution in [0.25, 0.3) is 0 Å². The van der Waals surface area contributed by atoms with Crippen molar-refractivity contribution in [3.05, 3.63) is 0 Å². The van der Waals surface area contributed by atoms with Gasteiger partial charge in [0.25, 0.3) is 0 Å². The van der Waals surface area contributed by atoms with Crippen LogP contribution in [0.4, 0.5) is 0 Å². The summed E-state index contributed by atoms with van der Waals surface area (Å²) in [5.74, 6) is 0. The van der Waals surface area contributed by atoms with Gasteiger partial charge >= 0.3 is 0 Å². The highest BCUT2D eigenvalue weighted by Crippen LogP contribution is 2.06. The highest BCUT2D eigenvalue weighted by molar-refractivity contribution is 4.67. The molecule has 0 amide bonds. The molecule has 1 fully saturated rings. The molecule has 13 nitrogen and oxygen atoms in total. The zero-order chi connectivity index (χ0) is 32.7. The van der Waals surface area contributed by atoms with E-state index in [1.165, 1.54) is 19.3 Å². The number of ether oxygens (including phenoxy) is 12. The Kier molecular flexibility index (Phi) is 36.8. The van der Waals surface area contributed by atoms with Gasteiger partial charge in [-0.25, -0.2) is 0 Å². The van der Waals surface area contributed by atoms with E-state index in [1.54, 1.807) is 0 Å². The van der Waals surface area contributed by atoms with Gasteiger partial charge in [0.2, 0.25) is 0 Å². The zero-order valence-corrected chi connectivity index (χ0v) is 28.9. The van der Waals surface area contributed by atoms with E-state index < -0.39 is 0 Å². The van der Waals surface area contributed by atoms with Crippen LogP contribution in [-0.2, 0) is 56.8 Å². The Bertz CT molecular complexity index is 561. The summed E-state index contributed by atoms with van der Waals surface area (Å²) in [5, 5.41) is 3.33. The summed E-state index contributed by atoms with van der Waals surface area (Å²) < 4.78 is 66.3. The van der Waals surface area contributed by atoms with Gasteiger partial charge in [-0.1, -0.05) is 26.2 Å². The van der Waals surface area contributed by atoms with E-state index in [9.17, 15) is 0 Å². The molecular formula is C33H67NO12. The standard InChI is InChI=1S/C33H67NO12/c1-2-3-4-5-10-35-11-12-36-13-14-37-15-16-38-17-18-39-19-20-40-21-22-41-23-24-42-25-26-43-27-28-44-29-30-45-31-32-46-33-6-8-34-9-7-33/h33-34H,2-32H2,1H3. The zero-order valence-electron chi connectivity index (χ0n) is 28.9. The summed E-state index contributed by atoms with van der Waals surface area (Å²) in [6, 6.07) is 0. The Balaban J connectivity index is 1.59. The molecule has 0 spiro atoms. The van der Waals surface area contributed by atoms with Crippen LogP contribution in [0.3, 0.4) is 0 Å². The number of hydrogen-bond donors (Lipinski definition) is 1. The van der Waals surface area contributed by atoms with Gasteiger partial charge in [0, 0.05) is 6.61 Å². The molecule has 0 saturated carbocycles. The van der Waals surface area contributed by atoms with Gasteiger partial charge < -0.3 is 62.2 Å². The molecule has 1 aliphatic rings. The lowest BCUT2D eigenvalue weighted by molar-refractivity contribution is -0.0326. The topological polar surface area (TPSA) is 123 Å². The normalized spacial score (nSPS) is 14.0. The van der Waals surface area contributed by atoms with Crippen molar-refractivity contribution in [2.45, 2.75) is 51.6 Å². The lowest BCUT2D eigenvalue weighted by Gasteiger charge is -2.22. The first-order valence-corrected chi connectivity index (χ1v) is 17.6. The second-order valence-electron chi connectivity index (χ2n) is 10.6. The molecule has 1 heterocycles. The van der Waals surface area contributed by atoms with Gasteiger partial charge in [0.15, 0.2) is 0 Å². The minimum Gasteiger partial charge on any atom is -0.379 e. The molecule has 0 radical (unpaired) electrons. The fourth-order valence-corrected chi connectivity index (χ4v) is 4.17. The van der Waals surface area contributed by atoms with Crippen molar-refractivity contribution in [3.63, 3.8) is 0 Å². The molecule has 0 unspecified atom stereocenters. The van der Waals surface area contributed by atoms with E-state index in [1.807, 2.05) is 0 Å². The number of unbranched alkanes of at least 4 members (excludes halogenated alkanes) is 3. The van der Waals surface area contributed by atoms with Crippen LogP contribution in [0, 0.1) is 0 Å². The van der Waals surface area contributed by atoms with Crippen molar-refractivity contribution in [1.29, 1.82) is 0 Å². The van der Waals surface area contributed by atoms with E-state index >= 15 is 0 Å². The van der Waals surface area contributed by atoms with Gasteiger partial charge in [-0.15, -0.1) is 0 Å². The van der Waals surface area contributed by atoms with Crippen LogP contribution >= 0.6 is 0 Å². The Morgan fingerprint density at radius 2 is 0.630 bits per heavy atom. The molecule has 0 aromatic carbocycles. The Hall–Kier alpha value is -0.520. The molecule has 0 bridgehead atoms. The van der Waals surface area contributed by atoms with E-state index in [0.717, 1.165) is 39.0 Å². The summed E-state index contributed by atoms with van der Waals surface area (Å²) in [5.41, 5.74) is 0. The summed E-state index contributed by atoms with van der Waals surface area (Å²) in [7, 11) is 0. The minimum absolute atomic E-state index is 0.374. The lowest BCUT2D eigenvalue weighted by atomic mass is 10.1. The van der Waals surface area contributed by atoms with Crippen molar-refractivity contribution in [1.82, 2.24) is 5.32 Å². The molecule has 13 heteroatoms. The molecule has 1 rings (SSSR count). The third-order valence-electron chi connectivity index (χ3n) is 6.73. The van der Waals surface area contributed by atoms with Crippen LogP contribution in [-0.4, -0.2) is 171 Å². The van der Waals surface area contributed by atoms with Gasteiger partial charge in [-0.2, -0.15) is 0 Å². The van der Waals surface area contributed by atoms with Crippen LogP contribution in [0.15, 0.2) is 0 Å². The molecule has 1 aliphatic heterocycles. The fourth-order valence-electron chi connectivity index (χ4n) is 4.17. The fraction of sp³-hybridized carbons (Fsp3) is 1.00. The van der Waals surface area contributed by atoms with Gasteiger partial charge in [-0.05, 0) is 32.4 Å². The van der Waals surface area contributed by atoms with E-state index in [-0.39, 0.29) is 0 Å². The van der Waals surface area contributed by atoms with Gasteiger partial charge in [0.05, 0.1) is 151 Å². The molecule has 276 valence electrons. The third-order valence-corrected chi connectivity index (χ3v) is 6.73. The first-order valence-electron chi connectivity index (χ1n) is 17.6. The average Bonchev–Trinajstić information content (AvgIpc) is 3.08. The van der Waals surface area contributed by atoms with Crippen molar-refractivity contribution in [2.75, 3.05) is 165 Å². The van der Waals surface area contributed by atoms with E-state index in [4.69, 9.17) is 56.8 Å². The maximum atomic E-state index is 5.79. The second-order valence-corrected chi connectivity index (χ2v) is 10.6. The van der Waals surface area contributed by atoms with E-state index in [2.05, 4.69) is 12.2 Å². The molecule has 0 aromatic heterocycles. The minimum atomic E-state index is 0.374. The largest absolute Gasteiger partial charge is 0.379 e. The van der Waals surface area contributed by atoms with Gasteiger partial charge in [0.1, 0.15) is 0 Å². The Morgan fingerprint density at radius 1 is 0.348 bits per heavy atom. The lowest BCUT2D eigenvalue weighted by Crippen LogP contribution is -2.33. The predicted octanol–water partition coefficient (Wildman–Crippen LogP) is 2.52. The van der Waals surface area contributed by atoms with E-state index in [0.29, 0.717) is 151 Å². The first kappa shape index (κ1) is 43.5. The van der Waals surface area contributed by atoms with Crippen LogP contribution in [0.5, 0.6) is 0 Å². The number of piperidine rings is 1. The molecule has 0 aliphatic carbocycles. The third kappa shape index (κ3) is 34.8. The second kappa shape index (κ2) is 38.9. The van der Waals surface area contributed by atoms with Crippen LogP contribution in [0.2, 0.25) is 0 Å². The molecule has 1 N–H and O–H groups in total. The molecular weight excluding hydrogens is 602 g/mol. The number of nitrogens with one attached hydrogen (secondary N) is 1. The highest BCUT2D eigenvalue weighted by Gasteiger charge is 2.12. The predicted molar refractivity (Wildman–Crippen MR) is 175 cm³/mol. The first-order chi connectivity index (χ1) is 22.9. The van der Waals surface area contributed by atoms with Crippen molar-refractivity contribution in [2.24, 2.45) is 0 Å².